The van der Waals surface area contributed by atoms with Crippen LogP contribution in [0.3, 0.4) is 0 Å². The Balaban J connectivity index is 2.01. The monoisotopic (exact) mass is 327 g/mol. The fourth-order valence-electron chi connectivity index (χ4n) is 1.88. The van der Waals surface area contributed by atoms with Gasteiger partial charge < -0.3 is 9.73 Å². The second-order valence-corrected chi connectivity index (χ2v) is 6.25. The van der Waals surface area contributed by atoms with Gasteiger partial charge in [-0.3, -0.25) is 0 Å². The summed E-state index contributed by atoms with van der Waals surface area (Å²) < 4.78 is 6.94. The van der Waals surface area contributed by atoms with Gasteiger partial charge in [0.25, 0.3) is 0 Å². The standard InChI is InChI=1S/C14H18BrNOS/c1-10(16-6-3-7-18-2)14-9-11-8-12(15)4-5-13(11)17-14/h4-5,8-10,16H,3,6-7H2,1-2H3. The minimum Gasteiger partial charge on any atom is -0.459 e. The predicted molar refractivity (Wildman–Crippen MR) is 83.3 cm³/mol. The number of hydrogen-bond donors (Lipinski definition) is 1. The zero-order valence-corrected chi connectivity index (χ0v) is 13.1. The van der Waals surface area contributed by atoms with Gasteiger partial charge in [0.1, 0.15) is 11.3 Å². The topological polar surface area (TPSA) is 25.2 Å². The van der Waals surface area contributed by atoms with E-state index in [-0.39, 0.29) is 6.04 Å². The first-order chi connectivity index (χ1) is 8.70. The molecule has 2 nitrogen and oxygen atoms in total. The highest BCUT2D eigenvalue weighted by Gasteiger charge is 2.10. The van der Waals surface area contributed by atoms with Crippen molar-refractivity contribution in [3.05, 3.63) is 34.5 Å². The zero-order chi connectivity index (χ0) is 13.0. The summed E-state index contributed by atoms with van der Waals surface area (Å²) >= 11 is 5.36. The van der Waals surface area contributed by atoms with Crippen LogP contribution in [0.5, 0.6) is 0 Å². The Hall–Kier alpha value is -0.450. The van der Waals surface area contributed by atoms with E-state index in [2.05, 4.69) is 46.6 Å². The van der Waals surface area contributed by atoms with Crippen molar-refractivity contribution in [1.82, 2.24) is 5.32 Å². The average molecular weight is 328 g/mol. The second kappa shape index (κ2) is 6.64. The molecule has 0 bridgehead atoms. The Morgan fingerprint density at radius 1 is 1.39 bits per heavy atom. The number of halogens is 1. The lowest BCUT2D eigenvalue weighted by Crippen LogP contribution is -2.19. The fraction of sp³-hybridized carbons (Fsp3) is 0.429. The molecule has 1 aromatic carbocycles. The summed E-state index contributed by atoms with van der Waals surface area (Å²) in [7, 11) is 0. The molecule has 0 aliphatic rings. The lowest BCUT2D eigenvalue weighted by atomic mass is 10.2. The van der Waals surface area contributed by atoms with Gasteiger partial charge in [0, 0.05) is 9.86 Å². The molecule has 1 aromatic heterocycles. The predicted octanol–water partition coefficient (Wildman–Crippen LogP) is 4.60. The van der Waals surface area contributed by atoms with Crippen molar-refractivity contribution in [2.45, 2.75) is 19.4 Å². The summed E-state index contributed by atoms with van der Waals surface area (Å²) in [5.41, 5.74) is 0.950. The van der Waals surface area contributed by atoms with Crippen molar-refractivity contribution >= 4 is 38.7 Å². The quantitative estimate of drug-likeness (QED) is 0.785. The van der Waals surface area contributed by atoms with E-state index >= 15 is 0 Å². The summed E-state index contributed by atoms with van der Waals surface area (Å²) in [6.07, 6.45) is 3.33. The normalized spacial score (nSPS) is 13.1. The van der Waals surface area contributed by atoms with Crippen LogP contribution in [0.4, 0.5) is 0 Å². The number of furan rings is 1. The Labute approximate surface area is 121 Å². The summed E-state index contributed by atoms with van der Waals surface area (Å²) in [4.78, 5) is 0. The smallest absolute Gasteiger partial charge is 0.134 e. The molecule has 0 saturated heterocycles. The third kappa shape index (κ3) is 3.53. The highest BCUT2D eigenvalue weighted by molar-refractivity contribution is 9.10. The van der Waals surface area contributed by atoms with Crippen molar-refractivity contribution in [2.24, 2.45) is 0 Å². The molecule has 0 amide bonds. The SMILES string of the molecule is CSCCCNC(C)c1cc2cc(Br)ccc2o1. The van der Waals surface area contributed by atoms with Gasteiger partial charge in [0.15, 0.2) is 0 Å². The van der Waals surface area contributed by atoms with Crippen molar-refractivity contribution in [1.29, 1.82) is 0 Å². The van der Waals surface area contributed by atoms with Crippen LogP contribution >= 0.6 is 27.7 Å². The number of rotatable bonds is 6. The number of fused-ring (bicyclic) bond motifs is 1. The third-order valence-electron chi connectivity index (χ3n) is 2.90. The van der Waals surface area contributed by atoms with Gasteiger partial charge >= 0.3 is 0 Å². The van der Waals surface area contributed by atoms with Gasteiger partial charge in [0.2, 0.25) is 0 Å². The highest BCUT2D eigenvalue weighted by Crippen LogP contribution is 2.26. The van der Waals surface area contributed by atoms with Crippen LogP contribution in [0.2, 0.25) is 0 Å². The Kier molecular flexibility index (Phi) is 5.15. The molecular weight excluding hydrogens is 310 g/mol. The van der Waals surface area contributed by atoms with Gasteiger partial charge in [-0.2, -0.15) is 11.8 Å². The van der Waals surface area contributed by atoms with Crippen LogP contribution in [0.1, 0.15) is 25.1 Å². The average Bonchev–Trinajstić information content (AvgIpc) is 2.77. The second-order valence-electron chi connectivity index (χ2n) is 4.35. The van der Waals surface area contributed by atoms with E-state index in [4.69, 9.17) is 4.42 Å². The largest absolute Gasteiger partial charge is 0.459 e. The van der Waals surface area contributed by atoms with E-state index in [0.29, 0.717) is 0 Å². The molecule has 0 radical (unpaired) electrons. The number of thioether (sulfide) groups is 1. The Morgan fingerprint density at radius 3 is 3.00 bits per heavy atom. The minimum absolute atomic E-state index is 0.262. The highest BCUT2D eigenvalue weighted by atomic mass is 79.9. The number of hydrogen-bond acceptors (Lipinski definition) is 3. The Bertz CT molecular complexity index is 511. The van der Waals surface area contributed by atoms with E-state index in [1.807, 2.05) is 23.9 Å². The molecule has 1 N–H and O–H groups in total. The molecule has 1 unspecified atom stereocenters. The maximum absolute atomic E-state index is 5.85. The first kappa shape index (κ1) is 14.0. The molecule has 18 heavy (non-hydrogen) atoms. The van der Waals surface area contributed by atoms with Crippen LogP contribution in [0, 0.1) is 0 Å². The van der Waals surface area contributed by atoms with E-state index in [9.17, 15) is 0 Å². The van der Waals surface area contributed by atoms with E-state index in [1.54, 1.807) is 0 Å². The first-order valence-corrected chi connectivity index (χ1v) is 8.30. The maximum atomic E-state index is 5.85. The number of nitrogens with one attached hydrogen (secondary N) is 1. The Morgan fingerprint density at radius 2 is 2.22 bits per heavy atom. The first-order valence-electron chi connectivity index (χ1n) is 6.12. The lowest BCUT2D eigenvalue weighted by Gasteiger charge is -2.10. The fourth-order valence-corrected chi connectivity index (χ4v) is 2.70. The molecule has 1 atom stereocenters. The molecule has 2 aromatic rings. The van der Waals surface area contributed by atoms with Crippen LogP contribution in [-0.4, -0.2) is 18.6 Å². The van der Waals surface area contributed by atoms with Gasteiger partial charge in [-0.25, -0.2) is 0 Å². The summed E-state index contributed by atoms with van der Waals surface area (Å²) in [5, 5.41) is 4.64. The van der Waals surface area contributed by atoms with Gasteiger partial charge in [-0.1, -0.05) is 15.9 Å². The number of benzene rings is 1. The molecule has 4 heteroatoms. The van der Waals surface area contributed by atoms with Gasteiger partial charge in [-0.15, -0.1) is 0 Å². The van der Waals surface area contributed by atoms with Crippen molar-refractivity contribution in [2.75, 3.05) is 18.6 Å². The van der Waals surface area contributed by atoms with E-state index < -0.39 is 0 Å². The molecule has 1 heterocycles. The molecule has 0 saturated carbocycles. The van der Waals surface area contributed by atoms with Crippen LogP contribution in [0.25, 0.3) is 11.0 Å². The molecule has 0 fully saturated rings. The summed E-state index contributed by atoms with van der Waals surface area (Å²) in [6.45, 7) is 3.18. The maximum Gasteiger partial charge on any atom is 0.134 e. The van der Waals surface area contributed by atoms with Crippen molar-refractivity contribution in [3.63, 3.8) is 0 Å². The van der Waals surface area contributed by atoms with E-state index in [0.717, 1.165) is 27.7 Å². The lowest BCUT2D eigenvalue weighted by molar-refractivity contribution is 0.452. The van der Waals surface area contributed by atoms with Crippen LogP contribution in [-0.2, 0) is 0 Å². The summed E-state index contributed by atoms with van der Waals surface area (Å²) in [5.74, 6) is 2.21. The molecule has 2 rings (SSSR count). The van der Waals surface area contributed by atoms with Crippen molar-refractivity contribution < 1.29 is 4.42 Å². The van der Waals surface area contributed by atoms with Gasteiger partial charge in [0.05, 0.1) is 6.04 Å². The van der Waals surface area contributed by atoms with Crippen LogP contribution in [0.15, 0.2) is 33.2 Å². The van der Waals surface area contributed by atoms with E-state index in [1.165, 1.54) is 12.2 Å². The van der Waals surface area contributed by atoms with Crippen LogP contribution < -0.4 is 5.32 Å². The summed E-state index contributed by atoms with van der Waals surface area (Å²) in [6, 6.07) is 8.48. The minimum atomic E-state index is 0.262. The zero-order valence-electron chi connectivity index (χ0n) is 10.7. The molecule has 0 aliphatic heterocycles. The molecule has 0 spiro atoms. The molecule has 0 aliphatic carbocycles. The van der Waals surface area contributed by atoms with Gasteiger partial charge in [-0.05, 0) is 56.2 Å². The third-order valence-corrected chi connectivity index (χ3v) is 4.09. The van der Waals surface area contributed by atoms with Crippen molar-refractivity contribution in [3.8, 4) is 0 Å². The molecular formula is C14H18BrNOS. The molecule has 98 valence electrons.